The maximum absolute atomic E-state index is 12.0. The highest BCUT2D eigenvalue weighted by atomic mass is 16.3. The molecule has 0 spiro atoms. The summed E-state index contributed by atoms with van der Waals surface area (Å²) in [4.78, 5) is 12.0. The third kappa shape index (κ3) is 3.80. The van der Waals surface area contributed by atoms with Gasteiger partial charge in [-0.05, 0) is 37.0 Å². The molecule has 0 aromatic heterocycles. The average Bonchev–Trinajstić information content (AvgIpc) is 2.46. The van der Waals surface area contributed by atoms with Crippen molar-refractivity contribution in [2.24, 2.45) is 0 Å². The number of aryl methyl sites for hydroxylation is 1. The molecule has 0 saturated heterocycles. The van der Waals surface area contributed by atoms with Gasteiger partial charge in [-0.2, -0.15) is 0 Å². The van der Waals surface area contributed by atoms with Crippen LogP contribution in [0.2, 0.25) is 0 Å². The van der Waals surface area contributed by atoms with Gasteiger partial charge in [-0.15, -0.1) is 0 Å². The second kappa shape index (κ2) is 6.20. The van der Waals surface area contributed by atoms with E-state index in [9.17, 15) is 9.90 Å². The Bertz CT molecular complexity index is 419. The van der Waals surface area contributed by atoms with E-state index in [-0.39, 0.29) is 5.91 Å². The van der Waals surface area contributed by atoms with Crippen molar-refractivity contribution in [3.63, 3.8) is 0 Å². The van der Waals surface area contributed by atoms with Gasteiger partial charge < -0.3 is 10.4 Å². The van der Waals surface area contributed by atoms with Crippen LogP contribution < -0.4 is 5.32 Å². The predicted octanol–water partition coefficient (Wildman–Crippen LogP) is 2.67. The summed E-state index contributed by atoms with van der Waals surface area (Å²) in [6.07, 6.45) is 5.86. The molecular weight excluding hydrogens is 238 g/mol. The van der Waals surface area contributed by atoms with Gasteiger partial charge >= 0.3 is 0 Å². The smallest absolute Gasteiger partial charge is 0.251 e. The van der Waals surface area contributed by atoms with Crippen molar-refractivity contribution in [1.29, 1.82) is 0 Å². The number of rotatable bonds is 4. The maximum Gasteiger partial charge on any atom is 0.251 e. The predicted molar refractivity (Wildman–Crippen MR) is 76.2 cm³/mol. The summed E-state index contributed by atoms with van der Waals surface area (Å²) >= 11 is 0. The molecule has 1 fully saturated rings. The van der Waals surface area contributed by atoms with Gasteiger partial charge in [0.25, 0.3) is 5.91 Å². The van der Waals surface area contributed by atoms with E-state index < -0.39 is 5.60 Å². The SMILES string of the molecule is CCc1ccc(C(=O)NCC2(O)CCCCC2)cc1. The highest BCUT2D eigenvalue weighted by molar-refractivity contribution is 5.94. The fourth-order valence-corrected chi connectivity index (χ4v) is 2.63. The number of hydrogen-bond donors (Lipinski definition) is 2. The lowest BCUT2D eigenvalue weighted by Crippen LogP contribution is -2.44. The standard InChI is InChI=1S/C16H23NO2/c1-2-13-6-8-14(9-7-13)15(18)17-12-16(19)10-4-3-5-11-16/h6-9,19H,2-5,10-12H2,1H3,(H,17,18). The Morgan fingerprint density at radius 2 is 1.84 bits per heavy atom. The van der Waals surface area contributed by atoms with Gasteiger partial charge in [0.15, 0.2) is 0 Å². The quantitative estimate of drug-likeness (QED) is 0.875. The summed E-state index contributed by atoms with van der Waals surface area (Å²) < 4.78 is 0. The van der Waals surface area contributed by atoms with E-state index in [1.165, 1.54) is 12.0 Å². The highest BCUT2D eigenvalue weighted by Crippen LogP contribution is 2.27. The molecule has 0 bridgehead atoms. The molecular formula is C16H23NO2. The molecule has 1 aromatic rings. The molecule has 2 N–H and O–H groups in total. The molecule has 1 aliphatic rings. The number of nitrogens with one attached hydrogen (secondary N) is 1. The van der Waals surface area contributed by atoms with Gasteiger partial charge in [-0.1, -0.05) is 38.3 Å². The van der Waals surface area contributed by atoms with Crippen molar-refractivity contribution >= 4 is 5.91 Å². The van der Waals surface area contributed by atoms with Crippen molar-refractivity contribution in [1.82, 2.24) is 5.32 Å². The zero-order valence-electron chi connectivity index (χ0n) is 11.6. The Morgan fingerprint density at radius 3 is 2.42 bits per heavy atom. The van der Waals surface area contributed by atoms with Crippen molar-refractivity contribution in [2.75, 3.05) is 6.54 Å². The monoisotopic (exact) mass is 261 g/mol. The van der Waals surface area contributed by atoms with E-state index in [1.807, 2.05) is 24.3 Å². The highest BCUT2D eigenvalue weighted by Gasteiger charge is 2.29. The van der Waals surface area contributed by atoms with Gasteiger partial charge in [-0.25, -0.2) is 0 Å². The third-order valence-corrected chi connectivity index (χ3v) is 3.99. The van der Waals surface area contributed by atoms with Gasteiger partial charge in [0.1, 0.15) is 0 Å². The summed E-state index contributed by atoms with van der Waals surface area (Å²) in [5.74, 6) is -0.0957. The Morgan fingerprint density at radius 1 is 1.21 bits per heavy atom. The van der Waals surface area contributed by atoms with Gasteiger partial charge in [-0.3, -0.25) is 4.79 Å². The molecule has 1 aromatic carbocycles. The molecule has 0 heterocycles. The first-order valence-corrected chi connectivity index (χ1v) is 7.22. The summed E-state index contributed by atoms with van der Waals surface area (Å²) in [7, 11) is 0. The van der Waals surface area contributed by atoms with E-state index in [4.69, 9.17) is 0 Å². The number of amides is 1. The third-order valence-electron chi connectivity index (χ3n) is 3.99. The van der Waals surface area contributed by atoms with Crippen LogP contribution in [0.25, 0.3) is 0 Å². The summed E-state index contributed by atoms with van der Waals surface area (Å²) in [6, 6.07) is 7.65. The van der Waals surface area contributed by atoms with Gasteiger partial charge in [0.2, 0.25) is 0 Å². The molecule has 19 heavy (non-hydrogen) atoms. The van der Waals surface area contributed by atoms with Crippen LogP contribution >= 0.6 is 0 Å². The zero-order valence-corrected chi connectivity index (χ0v) is 11.6. The molecule has 3 heteroatoms. The van der Waals surface area contributed by atoms with E-state index in [0.717, 1.165) is 32.1 Å². The number of carbonyl (C=O) groups is 1. The summed E-state index contributed by atoms with van der Waals surface area (Å²) in [5.41, 5.74) is 1.19. The maximum atomic E-state index is 12.0. The molecule has 3 nitrogen and oxygen atoms in total. The first-order chi connectivity index (χ1) is 9.13. The molecule has 0 aliphatic heterocycles. The van der Waals surface area contributed by atoms with E-state index in [2.05, 4.69) is 12.2 Å². The van der Waals surface area contributed by atoms with Crippen LogP contribution in [0.15, 0.2) is 24.3 Å². The summed E-state index contributed by atoms with van der Waals surface area (Å²) in [6.45, 7) is 2.45. The van der Waals surface area contributed by atoms with Crippen LogP contribution in [-0.2, 0) is 6.42 Å². The molecule has 0 atom stereocenters. The second-order valence-electron chi connectivity index (χ2n) is 5.52. The first kappa shape index (κ1) is 14.1. The Labute approximate surface area is 115 Å². The largest absolute Gasteiger partial charge is 0.388 e. The number of carbonyl (C=O) groups excluding carboxylic acids is 1. The van der Waals surface area contributed by atoms with Gasteiger partial charge in [0, 0.05) is 12.1 Å². The minimum Gasteiger partial charge on any atom is -0.388 e. The van der Waals surface area contributed by atoms with Crippen LogP contribution in [0, 0.1) is 0 Å². The minimum atomic E-state index is -0.697. The van der Waals surface area contributed by atoms with E-state index in [0.29, 0.717) is 12.1 Å². The second-order valence-corrected chi connectivity index (χ2v) is 5.52. The topological polar surface area (TPSA) is 49.3 Å². The minimum absolute atomic E-state index is 0.0957. The molecule has 1 aliphatic carbocycles. The Balaban J connectivity index is 1.89. The van der Waals surface area contributed by atoms with Crippen molar-refractivity contribution < 1.29 is 9.90 Å². The molecule has 2 rings (SSSR count). The normalized spacial score (nSPS) is 18.0. The fourth-order valence-electron chi connectivity index (χ4n) is 2.63. The molecule has 1 amide bonds. The van der Waals surface area contributed by atoms with Crippen LogP contribution in [0.4, 0.5) is 0 Å². The molecule has 0 unspecified atom stereocenters. The number of benzene rings is 1. The van der Waals surface area contributed by atoms with E-state index >= 15 is 0 Å². The first-order valence-electron chi connectivity index (χ1n) is 7.22. The number of hydrogen-bond acceptors (Lipinski definition) is 2. The van der Waals surface area contributed by atoms with Crippen LogP contribution in [-0.4, -0.2) is 23.2 Å². The Kier molecular flexibility index (Phi) is 4.59. The van der Waals surface area contributed by atoms with Crippen LogP contribution in [0.5, 0.6) is 0 Å². The van der Waals surface area contributed by atoms with E-state index in [1.54, 1.807) is 0 Å². The van der Waals surface area contributed by atoms with Crippen molar-refractivity contribution in [3.8, 4) is 0 Å². The van der Waals surface area contributed by atoms with Crippen LogP contribution in [0.1, 0.15) is 54.9 Å². The zero-order chi connectivity index (χ0) is 13.7. The van der Waals surface area contributed by atoms with Gasteiger partial charge in [0.05, 0.1) is 5.60 Å². The fraction of sp³-hybridized carbons (Fsp3) is 0.562. The van der Waals surface area contributed by atoms with Crippen molar-refractivity contribution in [3.05, 3.63) is 35.4 Å². The lowest BCUT2D eigenvalue weighted by atomic mass is 9.85. The summed E-state index contributed by atoms with van der Waals surface area (Å²) in [5, 5.41) is 13.2. The molecule has 104 valence electrons. The lowest BCUT2D eigenvalue weighted by Gasteiger charge is -2.32. The lowest BCUT2D eigenvalue weighted by molar-refractivity contribution is 0.00526. The number of aliphatic hydroxyl groups is 1. The Hall–Kier alpha value is -1.35. The average molecular weight is 261 g/mol. The van der Waals surface area contributed by atoms with Crippen LogP contribution in [0.3, 0.4) is 0 Å². The molecule has 0 radical (unpaired) electrons. The molecule has 1 saturated carbocycles. The van der Waals surface area contributed by atoms with Crippen molar-refractivity contribution in [2.45, 2.75) is 51.0 Å².